The molecule has 0 spiro atoms. The van der Waals surface area contributed by atoms with Gasteiger partial charge in [-0.1, -0.05) is 49.4 Å². The van der Waals surface area contributed by atoms with E-state index in [1.807, 2.05) is 54.6 Å². The van der Waals surface area contributed by atoms with Crippen LogP contribution in [-0.2, 0) is 11.2 Å². The number of hydrogen-bond donors (Lipinski definition) is 2. The first kappa shape index (κ1) is 14.3. The molecule has 2 aromatic carbocycles. The van der Waals surface area contributed by atoms with E-state index in [0.717, 1.165) is 17.7 Å². The lowest BCUT2D eigenvalue weighted by molar-refractivity contribution is -0.118. The van der Waals surface area contributed by atoms with E-state index < -0.39 is 6.10 Å². The summed E-state index contributed by atoms with van der Waals surface area (Å²) in [6.45, 7) is 2.09. The highest BCUT2D eigenvalue weighted by Crippen LogP contribution is 2.17. The van der Waals surface area contributed by atoms with E-state index in [-0.39, 0.29) is 12.3 Å². The van der Waals surface area contributed by atoms with Crippen LogP contribution in [0.25, 0.3) is 0 Å². The fraction of sp³-hybridized carbons (Fsp3) is 0.235. The molecule has 0 aliphatic rings. The third-order valence-corrected chi connectivity index (χ3v) is 3.21. The summed E-state index contributed by atoms with van der Waals surface area (Å²) in [5.74, 6) is -0.189. The third-order valence-electron chi connectivity index (χ3n) is 3.21. The summed E-state index contributed by atoms with van der Waals surface area (Å²) in [7, 11) is 0. The minimum absolute atomic E-state index is 0.0551. The number of anilines is 1. The molecule has 2 aromatic rings. The standard InChI is InChI=1S/C17H19NO2/c1-2-13-8-10-15(11-9-13)18-17(20)12-16(19)14-6-4-3-5-7-14/h3-11,16,19H,2,12H2,1H3,(H,18,20). The van der Waals surface area contributed by atoms with Gasteiger partial charge >= 0.3 is 0 Å². The predicted octanol–water partition coefficient (Wildman–Crippen LogP) is 3.31. The highest BCUT2D eigenvalue weighted by atomic mass is 16.3. The van der Waals surface area contributed by atoms with Crippen LogP contribution in [0.1, 0.15) is 30.6 Å². The van der Waals surface area contributed by atoms with E-state index in [9.17, 15) is 9.90 Å². The molecule has 0 saturated carbocycles. The van der Waals surface area contributed by atoms with Gasteiger partial charge in [0, 0.05) is 5.69 Å². The van der Waals surface area contributed by atoms with Crippen LogP contribution in [0.2, 0.25) is 0 Å². The molecule has 3 nitrogen and oxygen atoms in total. The Kier molecular flexibility index (Phi) is 4.91. The first-order chi connectivity index (χ1) is 9.69. The second-order valence-electron chi connectivity index (χ2n) is 4.73. The number of aryl methyl sites for hydroxylation is 1. The van der Waals surface area contributed by atoms with Crippen LogP contribution in [-0.4, -0.2) is 11.0 Å². The van der Waals surface area contributed by atoms with Crippen molar-refractivity contribution < 1.29 is 9.90 Å². The zero-order valence-corrected chi connectivity index (χ0v) is 11.5. The first-order valence-electron chi connectivity index (χ1n) is 6.81. The number of aliphatic hydroxyl groups is 1. The zero-order valence-electron chi connectivity index (χ0n) is 11.5. The molecule has 1 amide bonds. The summed E-state index contributed by atoms with van der Waals surface area (Å²) in [4.78, 5) is 11.9. The van der Waals surface area contributed by atoms with Crippen molar-refractivity contribution in [2.45, 2.75) is 25.9 Å². The van der Waals surface area contributed by atoms with Crippen LogP contribution in [0.15, 0.2) is 54.6 Å². The molecule has 0 aliphatic heterocycles. The van der Waals surface area contributed by atoms with Crippen molar-refractivity contribution in [2.24, 2.45) is 0 Å². The van der Waals surface area contributed by atoms with Gasteiger partial charge in [0.1, 0.15) is 0 Å². The Balaban J connectivity index is 1.91. The summed E-state index contributed by atoms with van der Waals surface area (Å²) >= 11 is 0. The van der Waals surface area contributed by atoms with Gasteiger partial charge in [0.15, 0.2) is 0 Å². The second-order valence-corrected chi connectivity index (χ2v) is 4.73. The van der Waals surface area contributed by atoms with Gasteiger partial charge in [0.2, 0.25) is 5.91 Å². The van der Waals surface area contributed by atoms with Gasteiger partial charge in [-0.3, -0.25) is 4.79 Å². The Morgan fingerprint density at radius 1 is 1.10 bits per heavy atom. The van der Waals surface area contributed by atoms with E-state index >= 15 is 0 Å². The van der Waals surface area contributed by atoms with E-state index in [0.29, 0.717) is 0 Å². The molecule has 0 fully saturated rings. The molecule has 0 aliphatic carbocycles. The van der Waals surface area contributed by atoms with Crippen molar-refractivity contribution in [3.63, 3.8) is 0 Å². The smallest absolute Gasteiger partial charge is 0.227 e. The molecule has 0 saturated heterocycles. The SMILES string of the molecule is CCc1ccc(NC(=O)CC(O)c2ccccc2)cc1. The average Bonchev–Trinajstić information content (AvgIpc) is 2.49. The van der Waals surface area contributed by atoms with E-state index in [1.54, 1.807) is 0 Å². The highest BCUT2D eigenvalue weighted by Gasteiger charge is 2.12. The lowest BCUT2D eigenvalue weighted by Gasteiger charge is -2.11. The minimum Gasteiger partial charge on any atom is -0.388 e. The molecule has 1 unspecified atom stereocenters. The van der Waals surface area contributed by atoms with Gasteiger partial charge in [-0.25, -0.2) is 0 Å². The number of aliphatic hydroxyl groups excluding tert-OH is 1. The molecule has 0 heterocycles. The Morgan fingerprint density at radius 2 is 1.75 bits per heavy atom. The number of rotatable bonds is 5. The average molecular weight is 269 g/mol. The van der Waals surface area contributed by atoms with Gasteiger partial charge in [-0.15, -0.1) is 0 Å². The van der Waals surface area contributed by atoms with Gasteiger partial charge in [-0.2, -0.15) is 0 Å². The molecule has 0 bridgehead atoms. The van der Waals surface area contributed by atoms with Crippen molar-refractivity contribution in [3.05, 3.63) is 65.7 Å². The molecule has 3 heteroatoms. The Bertz CT molecular complexity index is 549. The van der Waals surface area contributed by atoms with E-state index in [2.05, 4.69) is 12.2 Å². The summed E-state index contributed by atoms with van der Waals surface area (Å²) in [5.41, 5.74) is 2.74. The third kappa shape index (κ3) is 3.93. The molecule has 1 atom stereocenters. The molecular formula is C17H19NO2. The lowest BCUT2D eigenvalue weighted by Crippen LogP contribution is -2.15. The molecule has 0 radical (unpaired) electrons. The van der Waals surface area contributed by atoms with Crippen LogP contribution in [0, 0.1) is 0 Å². The maximum absolute atomic E-state index is 11.9. The number of hydrogen-bond acceptors (Lipinski definition) is 2. The number of carbonyl (C=O) groups is 1. The zero-order chi connectivity index (χ0) is 14.4. The fourth-order valence-corrected chi connectivity index (χ4v) is 2.00. The second kappa shape index (κ2) is 6.87. The van der Waals surface area contributed by atoms with Gasteiger partial charge in [0.05, 0.1) is 12.5 Å². The largest absolute Gasteiger partial charge is 0.388 e. The Morgan fingerprint density at radius 3 is 2.35 bits per heavy atom. The lowest BCUT2D eigenvalue weighted by atomic mass is 10.1. The van der Waals surface area contributed by atoms with E-state index in [4.69, 9.17) is 0 Å². The normalized spacial score (nSPS) is 11.9. The van der Waals surface area contributed by atoms with Crippen molar-refractivity contribution in [1.29, 1.82) is 0 Å². The van der Waals surface area contributed by atoms with Crippen LogP contribution in [0.5, 0.6) is 0 Å². The van der Waals surface area contributed by atoms with Crippen LogP contribution in [0.3, 0.4) is 0 Å². The van der Waals surface area contributed by atoms with Crippen LogP contribution < -0.4 is 5.32 Å². The Hall–Kier alpha value is -2.13. The van der Waals surface area contributed by atoms with Crippen molar-refractivity contribution in [1.82, 2.24) is 0 Å². The van der Waals surface area contributed by atoms with Crippen LogP contribution in [0.4, 0.5) is 5.69 Å². The monoisotopic (exact) mass is 269 g/mol. The maximum Gasteiger partial charge on any atom is 0.227 e. The molecular weight excluding hydrogens is 250 g/mol. The molecule has 2 N–H and O–H groups in total. The first-order valence-corrected chi connectivity index (χ1v) is 6.81. The number of nitrogens with one attached hydrogen (secondary N) is 1. The predicted molar refractivity (Wildman–Crippen MR) is 80.5 cm³/mol. The molecule has 20 heavy (non-hydrogen) atoms. The quantitative estimate of drug-likeness (QED) is 0.875. The van der Waals surface area contributed by atoms with Crippen molar-refractivity contribution in [3.8, 4) is 0 Å². The van der Waals surface area contributed by atoms with Gasteiger partial charge in [0.25, 0.3) is 0 Å². The highest BCUT2D eigenvalue weighted by molar-refractivity contribution is 5.91. The molecule has 0 aromatic heterocycles. The topological polar surface area (TPSA) is 49.3 Å². The summed E-state index contributed by atoms with van der Waals surface area (Å²) in [5, 5.41) is 12.8. The molecule has 2 rings (SSSR count). The number of carbonyl (C=O) groups excluding carboxylic acids is 1. The summed E-state index contributed by atoms with van der Waals surface area (Å²) in [6.07, 6.45) is 0.256. The number of amides is 1. The summed E-state index contributed by atoms with van der Waals surface area (Å²) < 4.78 is 0. The van der Waals surface area contributed by atoms with Crippen molar-refractivity contribution >= 4 is 11.6 Å². The van der Waals surface area contributed by atoms with Gasteiger partial charge < -0.3 is 10.4 Å². The maximum atomic E-state index is 11.9. The Labute approximate surface area is 119 Å². The molecule has 104 valence electrons. The number of benzene rings is 2. The fourth-order valence-electron chi connectivity index (χ4n) is 2.00. The summed E-state index contributed by atoms with van der Waals surface area (Å²) in [6, 6.07) is 16.9. The van der Waals surface area contributed by atoms with Gasteiger partial charge in [-0.05, 0) is 29.7 Å². The van der Waals surface area contributed by atoms with Crippen molar-refractivity contribution in [2.75, 3.05) is 5.32 Å². The van der Waals surface area contributed by atoms with E-state index in [1.165, 1.54) is 5.56 Å². The van der Waals surface area contributed by atoms with Crippen LogP contribution >= 0.6 is 0 Å². The minimum atomic E-state index is -0.772.